The second kappa shape index (κ2) is 8.17. The molecular weight excluding hydrogens is 378 g/mol. The number of aryl methyl sites for hydroxylation is 2. The smallest absolute Gasteiger partial charge is 0.344 e. The number of nitrogens with one attached hydrogen (secondary N) is 2. The molecule has 4 amide bonds. The number of nitrogens with zero attached hydrogens (tertiary/aromatic N) is 1. The van der Waals surface area contributed by atoms with Crippen LogP contribution in [0.25, 0.3) is 0 Å². The zero-order valence-corrected chi connectivity index (χ0v) is 16.1. The normalized spacial score (nSPS) is 18.5. The molecule has 0 spiro atoms. The molecule has 2 heterocycles. The van der Waals surface area contributed by atoms with Crippen LogP contribution in [0.4, 0.5) is 4.79 Å². The summed E-state index contributed by atoms with van der Waals surface area (Å²) >= 11 is 0. The van der Waals surface area contributed by atoms with E-state index in [-0.39, 0.29) is 5.56 Å². The number of carbonyl (C=O) groups is 4. The van der Waals surface area contributed by atoms with Gasteiger partial charge in [-0.25, -0.2) is 9.59 Å². The molecule has 1 aromatic heterocycles. The lowest BCUT2D eigenvalue weighted by molar-refractivity contribution is -0.140. The van der Waals surface area contributed by atoms with Crippen LogP contribution in [0.1, 0.15) is 35.0 Å². The monoisotopic (exact) mass is 399 g/mol. The quantitative estimate of drug-likeness (QED) is 0.541. The van der Waals surface area contributed by atoms with Crippen LogP contribution >= 0.6 is 0 Å². The first-order valence-electron chi connectivity index (χ1n) is 9.01. The number of ether oxygens (including phenoxy) is 1. The topological polar surface area (TPSA) is 118 Å². The third-order valence-corrected chi connectivity index (χ3v) is 4.67. The Labute approximate surface area is 167 Å². The minimum absolute atomic E-state index is 0.196. The summed E-state index contributed by atoms with van der Waals surface area (Å²) in [5.41, 5.74) is 2.25. The molecule has 2 N–H and O–H groups in total. The average molecular weight is 399 g/mol. The van der Waals surface area contributed by atoms with Crippen LogP contribution < -0.4 is 10.7 Å². The van der Waals surface area contributed by atoms with Gasteiger partial charge in [-0.2, -0.15) is 5.01 Å². The first kappa shape index (κ1) is 20.1. The van der Waals surface area contributed by atoms with Gasteiger partial charge in [-0.05, 0) is 38.3 Å². The highest BCUT2D eigenvalue weighted by Crippen LogP contribution is 2.22. The van der Waals surface area contributed by atoms with E-state index in [1.807, 2.05) is 30.3 Å². The van der Waals surface area contributed by atoms with Gasteiger partial charge in [0.25, 0.3) is 11.8 Å². The molecule has 0 bridgehead atoms. The summed E-state index contributed by atoms with van der Waals surface area (Å²) in [7, 11) is 0. The average Bonchev–Trinajstić information content (AvgIpc) is 3.22. The van der Waals surface area contributed by atoms with E-state index in [0.717, 1.165) is 5.56 Å². The molecule has 1 aromatic carbocycles. The Hall–Kier alpha value is -3.62. The number of furan rings is 1. The Bertz CT molecular complexity index is 939. The van der Waals surface area contributed by atoms with Crippen molar-refractivity contribution in [2.45, 2.75) is 32.2 Å². The molecule has 3 rings (SSSR count). The molecule has 0 unspecified atom stereocenters. The number of carbonyl (C=O) groups excluding carboxylic acids is 4. The fourth-order valence-corrected chi connectivity index (χ4v) is 2.96. The van der Waals surface area contributed by atoms with E-state index in [9.17, 15) is 19.2 Å². The number of rotatable bonds is 7. The van der Waals surface area contributed by atoms with Crippen LogP contribution in [0.2, 0.25) is 0 Å². The summed E-state index contributed by atoms with van der Waals surface area (Å²) in [4.78, 5) is 48.8. The number of urea groups is 1. The molecule has 1 aliphatic heterocycles. The summed E-state index contributed by atoms with van der Waals surface area (Å²) in [5.74, 6) is -1.77. The summed E-state index contributed by atoms with van der Waals surface area (Å²) in [5, 5.41) is 3.22. The van der Waals surface area contributed by atoms with Gasteiger partial charge in [0.2, 0.25) is 0 Å². The van der Waals surface area contributed by atoms with Crippen molar-refractivity contribution >= 4 is 23.8 Å². The van der Waals surface area contributed by atoms with Crippen LogP contribution in [-0.4, -0.2) is 41.0 Å². The summed E-state index contributed by atoms with van der Waals surface area (Å²) in [6.45, 7) is 2.53. The predicted molar refractivity (Wildman–Crippen MR) is 100 cm³/mol. The molecule has 1 atom stereocenters. The largest absolute Gasteiger partial charge is 0.469 e. The van der Waals surface area contributed by atoms with Crippen molar-refractivity contribution in [3.63, 3.8) is 0 Å². The highest BCUT2D eigenvalue weighted by atomic mass is 16.5. The van der Waals surface area contributed by atoms with Crippen molar-refractivity contribution in [3.8, 4) is 0 Å². The number of imide groups is 1. The Balaban J connectivity index is 1.54. The molecule has 2 aromatic rings. The Morgan fingerprint density at radius 3 is 2.59 bits per heavy atom. The standard InChI is InChI=1S/C20H21N3O6/c1-13-15(9-11-28-13)17(25)29-12-16(24)22-23-18(26)20(2,21-19(23)27)10-8-14-6-4-3-5-7-14/h3-7,9,11H,8,10,12H2,1-2H3,(H,21,27)(H,22,24)/t20-/m1/s1. The zero-order chi connectivity index (χ0) is 21.0. The van der Waals surface area contributed by atoms with Crippen LogP contribution in [0.5, 0.6) is 0 Å². The van der Waals surface area contributed by atoms with E-state index in [1.165, 1.54) is 12.3 Å². The SMILES string of the molecule is Cc1occc1C(=O)OCC(=O)NN1C(=O)N[C@](C)(CCc2ccccc2)C1=O. The van der Waals surface area contributed by atoms with Gasteiger partial charge in [0.05, 0.1) is 6.26 Å². The van der Waals surface area contributed by atoms with Crippen molar-refractivity contribution in [2.24, 2.45) is 0 Å². The fourth-order valence-electron chi connectivity index (χ4n) is 2.96. The zero-order valence-electron chi connectivity index (χ0n) is 16.1. The van der Waals surface area contributed by atoms with E-state index < -0.39 is 36.0 Å². The summed E-state index contributed by atoms with van der Waals surface area (Å²) < 4.78 is 9.89. The van der Waals surface area contributed by atoms with Gasteiger partial charge in [-0.3, -0.25) is 15.0 Å². The molecule has 1 aliphatic rings. The highest BCUT2D eigenvalue weighted by molar-refractivity contribution is 6.07. The second-order valence-corrected chi connectivity index (χ2v) is 6.89. The molecule has 9 nitrogen and oxygen atoms in total. The van der Waals surface area contributed by atoms with Gasteiger partial charge >= 0.3 is 12.0 Å². The molecule has 0 aliphatic carbocycles. The number of benzene rings is 1. The van der Waals surface area contributed by atoms with Crippen molar-refractivity contribution in [2.75, 3.05) is 6.61 Å². The number of hydrazine groups is 1. The van der Waals surface area contributed by atoms with Gasteiger partial charge in [-0.15, -0.1) is 0 Å². The Kier molecular flexibility index (Phi) is 5.67. The molecule has 29 heavy (non-hydrogen) atoms. The van der Waals surface area contributed by atoms with E-state index in [0.29, 0.717) is 23.6 Å². The minimum Gasteiger partial charge on any atom is -0.469 e. The Morgan fingerprint density at radius 1 is 1.21 bits per heavy atom. The van der Waals surface area contributed by atoms with Crippen LogP contribution in [-0.2, 0) is 20.7 Å². The number of amides is 4. The van der Waals surface area contributed by atoms with E-state index in [1.54, 1.807) is 13.8 Å². The Morgan fingerprint density at radius 2 is 1.93 bits per heavy atom. The lowest BCUT2D eigenvalue weighted by Crippen LogP contribution is -2.50. The maximum Gasteiger partial charge on any atom is 0.344 e. The summed E-state index contributed by atoms with van der Waals surface area (Å²) in [6.07, 6.45) is 2.27. The fraction of sp³-hybridized carbons (Fsp3) is 0.300. The number of esters is 1. The van der Waals surface area contributed by atoms with Crippen LogP contribution in [0, 0.1) is 6.92 Å². The second-order valence-electron chi connectivity index (χ2n) is 6.89. The maximum atomic E-state index is 12.7. The number of hydrogen-bond donors (Lipinski definition) is 2. The molecule has 0 radical (unpaired) electrons. The van der Waals surface area contributed by atoms with Gasteiger partial charge < -0.3 is 14.5 Å². The van der Waals surface area contributed by atoms with Gasteiger partial charge in [0.15, 0.2) is 6.61 Å². The maximum absolute atomic E-state index is 12.7. The minimum atomic E-state index is -1.15. The summed E-state index contributed by atoms with van der Waals surface area (Å²) in [6, 6.07) is 10.2. The lowest BCUT2D eigenvalue weighted by atomic mass is 9.93. The van der Waals surface area contributed by atoms with E-state index in [2.05, 4.69) is 10.7 Å². The molecule has 0 saturated carbocycles. The first-order chi connectivity index (χ1) is 13.8. The van der Waals surface area contributed by atoms with Crippen molar-refractivity contribution in [1.29, 1.82) is 0 Å². The van der Waals surface area contributed by atoms with Crippen molar-refractivity contribution in [3.05, 3.63) is 59.5 Å². The van der Waals surface area contributed by atoms with Crippen molar-refractivity contribution < 1.29 is 28.3 Å². The molecular formula is C20H21N3O6. The number of hydrogen-bond acceptors (Lipinski definition) is 6. The highest BCUT2D eigenvalue weighted by Gasteiger charge is 2.48. The van der Waals surface area contributed by atoms with Crippen molar-refractivity contribution in [1.82, 2.24) is 15.8 Å². The van der Waals surface area contributed by atoms with E-state index in [4.69, 9.17) is 9.15 Å². The predicted octanol–water partition coefficient (Wildman–Crippen LogP) is 1.72. The van der Waals surface area contributed by atoms with Gasteiger partial charge in [-0.1, -0.05) is 30.3 Å². The lowest BCUT2D eigenvalue weighted by Gasteiger charge is -2.21. The molecule has 1 fully saturated rings. The van der Waals surface area contributed by atoms with E-state index >= 15 is 0 Å². The first-order valence-corrected chi connectivity index (χ1v) is 9.01. The van der Waals surface area contributed by atoms with Gasteiger partial charge in [0.1, 0.15) is 16.9 Å². The molecule has 152 valence electrons. The van der Waals surface area contributed by atoms with Crippen LogP contribution in [0.3, 0.4) is 0 Å². The third kappa shape index (κ3) is 4.45. The molecule has 9 heteroatoms. The molecule has 1 saturated heterocycles. The third-order valence-electron chi connectivity index (χ3n) is 4.67. The van der Waals surface area contributed by atoms with Crippen LogP contribution in [0.15, 0.2) is 47.1 Å². The van der Waals surface area contributed by atoms with Gasteiger partial charge in [0, 0.05) is 0 Å².